The second-order valence-corrected chi connectivity index (χ2v) is 13.1. The van der Waals surface area contributed by atoms with Crippen molar-refractivity contribution in [2.45, 2.75) is 49.8 Å². The van der Waals surface area contributed by atoms with Crippen LogP contribution in [0.3, 0.4) is 0 Å². The van der Waals surface area contributed by atoms with Crippen LogP contribution >= 0.6 is 22.9 Å². The molecule has 2 atom stereocenters. The molecule has 184 valence electrons. The number of carbonyl (C=O) groups excluding carboxylic acids is 1. The van der Waals surface area contributed by atoms with Crippen molar-refractivity contribution in [2.75, 3.05) is 12.1 Å². The topological polar surface area (TPSA) is 95.5 Å². The molecule has 1 aromatic heterocycles. The summed E-state index contributed by atoms with van der Waals surface area (Å²) in [5.41, 5.74) is 1.11. The van der Waals surface area contributed by atoms with Crippen molar-refractivity contribution in [3.63, 3.8) is 0 Å². The van der Waals surface area contributed by atoms with Gasteiger partial charge in [-0.05, 0) is 62.9 Å². The van der Waals surface area contributed by atoms with Gasteiger partial charge in [-0.2, -0.15) is 0 Å². The lowest BCUT2D eigenvalue weighted by molar-refractivity contribution is -0.118. The molecular weight excluding hydrogens is 506 g/mol. The van der Waals surface area contributed by atoms with Crippen LogP contribution in [-0.2, 0) is 21.6 Å². The van der Waals surface area contributed by atoms with E-state index in [2.05, 4.69) is 15.0 Å². The van der Waals surface area contributed by atoms with E-state index in [-0.39, 0.29) is 12.7 Å². The van der Waals surface area contributed by atoms with Crippen molar-refractivity contribution in [3.8, 4) is 11.5 Å². The first kappa shape index (κ1) is 24.4. The van der Waals surface area contributed by atoms with Gasteiger partial charge in [-0.1, -0.05) is 47.2 Å². The van der Waals surface area contributed by atoms with Gasteiger partial charge >= 0.3 is 0 Å². The maximum Gasteiger partial charge on any atom is 0.236 e. The summed E-state index contributed by atoms with van der Waals surface area (Å²) < 4.78 is 26.6. The number of ether oxygens (including phenoxy) is 2. The Hall–Kier alpha value is -2.30. The highest BCUT2D eigenvalue weighted by atomic mass is 35.5. The first-order chi connectivity index (χ1) is 16.7. The van der Waals surface area contributed by atoms with Gasteiger partial charge in [0.1, 0.15) is 10.8 Å². The summed E-state index contributed by atoms with van der Waals surface area (Å²) in [6.45, 7) is 5.91. The zero-order valence-corrected chi connectivity index (χ0v) is 22.0. The molecule has 0 saturated heterocycles. The first-order valence-corrected chi connectivity index (χ1v) is 13.6. The number of thiazole rings is 1. The minimum absolute atomic E-state index is 0.0993. The van der Waals surface area contributed by atoms with Crippen molar-refractivity contribution >= 4 is 45.3 Å². The van der Waals surface area contributed by atoms with Gasteiger partial charge in [0.2, 0.25) is 12.7 Å². The fourth-order valence-corrected chi connectivity index (χ4v) is 5.95. The Kier molecular flexibility index (Phi) is 6.48. The number of rotatable bonds is 7. The molecule has 5 rings (SSSR count). The summed E-state index contributed by atoms with van der Waals surface area (Å²) in [7, 11) is 0. The number of aromatic nitrogens is 1. The van der Waals surface area contributed by atoms with Crippen LogP contribution in [-0.4, -0.2) is 27.0 Å². The molecule has 2 aliphatic rings. The monoisotopic (exact) mass is 531 g/mol. The van der Waals surface area contributed by atoms with Crippen LogP contribution in [0.4, 0.5) is 5.13 Å². The van der Waals surface area contributed by atoms with Crippen LogP contribution in [0.25, 0.3) is 0 Å². The number of hydrogen-bond donors (Lipinski definition) is 2. The summed E-state index contributed by atoms with van der Waals surface area (Å²) in [6.07, 6.45) is 3.21. The smallest absolute Gasteiger partial charge is 0.236 e. The number of nitrogens with one attached hydrogen (secondary N) is 2. The summed E-state index contributed by atoms with van der Waals surface area (Å²) in [6, 6.07) is 12.7. The summed E-state index contributed by atoms with van der Waals surface area (Å²) >= 11 is 6.49. The maximum absolute atomic E-state index is 13.3. The van der Waals surface area contributed by atoms with Gasteiger partial charge in [-0.15, -0.1) is 4.72 Å². The molecule has 1 fully saturated rings. The van der Waals surface area contributed by atoms with E-state index < -0.39 is 27.6 Å². The van der Waals surface area contributed by atoms with Crippen molar-refractivity contribution in [1.29, 1.82) is 0 Å². The normalized spacial score (nSPS) is 17.6. The number of nitrogens with zero attached hydrogens (tertiary/aromatic N) is 1. The summed E-state index contributed by atoms with van der Waals surface area (Å²) in [5.74, 6) is 1.26. The Morgan fingerprint density at radius 1 is 1.20 bits per heavy atom. The standard InChI is InChI=1S/C25H26ClN3O4S2/c1-24(2,3)35(31)29-21(16-6-4-5-7-17(16)26)20-13-27-23(34-20)28-22(30)25(10-11-25)15-8-9-18-19(12-15)33-14-32-18/h4-9,12-13,21,29H,10-11,14H2,1-3H3,(H,27,28,30)/t21-,35?/m1/s1. The highest BCUT2D eigenvalue weighted by molar-refractivity contribution is 7.90. The molecule has 1 saturated carbocycles. The summed E-state index contributed by atoms with van der Waals surface area (Å²) in [4.78, 5) is 18.6. The van der Waals surface area contributed by atoms with Gasteiger partial charge in [0.25, 0.3) is 0 Å². The van der Waals surface area contributed by atoms with Crippen molar-refractivity contribution in [1.82, 2.24) is 9.71 Å². The maximum atomic E-state index is 13.3. The van der Waals surface area contributed by atoms with E-state index in [0.29, 0.717) is 21.7 Å². The molecule has 10 heteroatoms. The quantitative estimate of drug-likeness (QED) is 0.400. The number of carbonyl (C=O) groups is 1. The van der Waals surface area contributed by atoms with Crippen LogP contribution in [0.5, 0.6) is 11.5 Å². The molecule has 0 spiro atoms. The minimum Gasteiger partial charge on any atom is -0.598 e. The fraction of sp³-hybridized carbons (Fsp3) is 0.360. The van der Waals surface area contributed by atoms with Crippen LogP contribution in [0.1, 0.15) is 55.7 Å². The average molecular weight is 532 g/mol. The lowest BCUT2D eigenvalue weighted by atomic mass is 9.94. The van der Waals surface area contributed by atoms with Crippen LogP contribution in [0, 0.1) is 0 Å². The van der Waals surface area contributed by atoms with E-state index in [1.54, 1.807) is 12.3 Å². The number of hydrogen-bond acceptors (Lipinski definition) is 7. The van der Waals surface area contributed by atoms with Gasteiger partial charge in [0.05, 0.1) is 10.3 Å². The summed E-state index contributed by atoms with van der Waals surface area (Å²) in [5, 5.41) is 4.04. The van der Waals surface area contributed by atoms with Crippen LogP contribution < -0.4 is 19.5 Å². The SMILES string of the molecule is CC(C)(C)[S+]([O-])N[C@@H](c1cnc(NC(=O)C2(c3ccc4c(c3)OCO4)CC2)s1)c1ccccc1Cl. The molecule has 1 unspecified atom stereocenters. The number of benzene rings is 2. The minimum atomic E-state index is -1.35. The molecular formula is C25H26ClN3O4S2. The van der Waals surface area contributed by atoms with E-state index in [0.717, 1.165) is 28.8 Å². The molecule has 1 amide bonds. The number of amides is 1. The number of anilines is 1. The van der Waals surface area contributed by atoms with E-state index in [1.807, 2.05) is 57.2 Å². The number of halogens is 1. The zero-order valence-electron chi connectivity index (χ0n) is 19.6. The van der Waals surface area contributed by atoms with Gasteiger partial charge in [0.15, 0.2) is 16.6 Å². The van der Waals surface area contributed by atoms with Gasteiger partial charge < -0.3 is 19.3 Å². The Balaban J connectivity index is 1.37. The van der Waals surface area contributed by atoms with E-state index in [1.165, 1.54) is 11.3 Å². The third-order valence-corrected chi connectivity index (χ3v) is 9.02. The van der Waals surface area contributed by atoms with E-state index in [4.69, 9.17) is 21.1 Å². The molecule has 0 bridgehead atoms. The first-order valence-electron chi connectivity index (χ1n) is 11.3. The van der Waals surface area contributed by atoms with Crippen molar-refractivity contribution in [2.24, 2.45) is 0 Å². The molecule has 35 heavy (non-hydrogen) atoms. The fourth-order valence-electron chi connectivity index (χ4n) is 3.93. The zero-order chi connectivity index (χ0) is 24.8. The second-order valence-electron chi connectivity index (χ2n) is 9.63. The highest BCUT2D eigenvalue weighted by Gasteiger charge is 2.52. The van der Waals surface area contributed by atoms with Crippen molar-refractivity contribution < 1.29 is 18.8 Å². The molecule has 1 aliphatic carbocycles. The third-order valence-electron chi connectivity index (χ3n) is 6.14. The Bertz CT molecular complexity index is 1260. The average Bonchev–Trinajstić information content (AvgIpc) is 3.28. The third kappa shape index (κ3) is 4.88. The van der Waals surface area contributed by atoms with Gasteiger partial charge in [-0.3, -0.25) is 4.79 Å². The molecule has 2 N–H and O–H groups in total. The second kappa shape index (κ2) is 9.29. The van der Waals surface area contributed by atoms with E-state index >= 15 is 0 Å². The molecule has 1 aliphatic heterocycles. The van der Waals surface area contributed by atoms with Crippen LogP contribution in [0.2, 0.25) is 5.02 Å². The lowest BCUT2D eigenvalue weighted by Crippen LogP contribution is -2.41. The Labute approximate surface area is 216 Å². The highest BCUT2D eigenvalue weighted by Crippen LogP contribution is 2.51. The predicted molar refractivity (Wildman–Crippen MR) is 139 cm³/mol. The van der Waals surface area contributed by atoms with Crippen molar-refractivity contribution in [3.05, 3.63) is 69.7 Å². The molecule has 0 radical (unpaired) electrons. The molecule has 2 aromatic carbocycles. The Morgan fingerprint density at radius 3 is 2.66 bits per heavy atom. The molecule has 7 nitrogen and oxygen atoms in total. The predicted octanol–water partition coefficient (Wildman–Crippen LogP) is 5.34. The number of fused-ring (bicyclic) bond motifs is 1. The molecule has 2 heterocycles. The van der Waals surface area contributed by atoms with Gasteiger partial charge in [0, 0.05) is 22.6 Å². The molecule has 3 aromatic rings. The van der Waals surface area contributed by atoms with Crippen LogP contribution in [0.15, 0.2) is 48.7 Å². The Morgan fingerprint density at radius 2 is 1.94 bits per heavy atom. The van der Waals surface area contributed by atoms with Gasteiger partial charge in [-0.25, -0.2) is 4.98 Å². The van der Waals surface area contributed by atoms with E-state index in [9.17, 15) is 9.35 Å². The lowest BCUT2D eigenvalue weighted by Gasteiger charge is -2.28. The largest absolute Gasteiger partial charge is 0.598 e.